The molecule has 0 aliphatic rings. The highest BCUT2D eigenvalue weighted by Gasteiger charge is 2.19. The van der Waals surface area contributed by atoms with Gasteiger partial charge in [0.1, 0.15) is 5.56 Å². The van der Waals surface area contributed by atoms with Gasteiger partial charge in [0.05, 0.1) is 12.4 Å². The van der Waals surface area contributed by atoms with Gasteiger partial charge in [0.2, 0.25) is 0 Å². The number of aromatic nitrogens is 5. The minimum Gasteiger partial charge on any atom is -0.337 e. The average molecular weight is 312 g/mol. The molecule has 0 N–H and O–H groups in total. The minimum absolute atomic E-state index is 0.0956. The third-order valence-corrected chi connectivity index (χ3v) is 3.79. The second-order valence-corrected chi connectivity index (χ2v) is 5.70. The average Bonchev–Trinajstić information content (AvgIpc) is 3.13. The Balaban J connectivity index is 1.87. The summed E-state index contributed by atoms with van der Waals surface area (Å²) in [5, 5.41) is 8.51. The van der Waals surface area contributed by atoms with Crippen LogP contribution in [0, 0.1) is 13.8 Å². The first-order chi connectivity index (χ1) is 11.0. The van der Waals surface area contributed by atoms with Crippen molar-refractivity contribution >= 4 is 11.6 Å². The number of hydrogen-bond acceptors (Lipinski definition) is 4. The Labute approximate surface area is 134 Å². The van der Waals surface area contributed by atoms with Crippen LogP contribution in [0.25, 0.3) is 5.65 Å². The lowest BCUT2D eigenvalue weighted by molar-refractivity contribution is 0.0787. The highest BCUT2D eigenvalue weighted by atomic mass is 16.2. The summed E-state index contributed by atoms with van der Waals surface area (Å²) >= 11 is 0. The van der Waals surface area contributed by atoms with Crippen LogP contribution in [0.4, 0.5) is 0 Å². The number of rotatable bonds is 4. The number of hydrogen-bond donors (Lipinski definition) is 0. The summed E-state index contributed by atoms with van der Waals surface area (Å²) in [7, 11) is 1.78. The molecule has 0 unspecified atom stereocenters. The molecule has 3 heterocycles. The van der Waals surface area contributed by atoms with Crippen LogP contribution in [0.1, 0.15) is 34.2 Å². The molecule has 3 rings (SSSR count). The fourth-order valence-electron chi connectivity index (χ4n) is 2.63. The molecule has 0 saturated heterocycles. The maximum atomic E-state index is 12.7. The van der Waals surface area contributed by atoms with Gasteiger partial charge in [0.15, 0.2) is 5.65 Å². The topological polar surface area (TPSA) is 68.3 Å². The molecule has 0 saturated carbocycles. The zero-order chi connectivity index (χ0) is 16.6. The zero-order valence-electron chi connectivity index (χ0n) is 13.8. The first kappa shape index (κ1) is 15.2. The fourth-order valence-corrected chi connectivity index (χ4v) is 2.63. The van der Waals surface area contributed by atoms with E-state index in [2.05, 4.69) is 15.2 Å². The van der Waals surface area contributed by atoms with Gasteiger partial charge in [0.25, 0.3) is 5.91 Å². The minimum atomic E-state index is -0.0956. The van der Waals surface area contributed by atoms with E-state index in [0.29, 0.717) is 17.8 Å². The van der Waals surface area contributed by atoms with E-state index in [9.17, 15) is 4.79 Å². The van der Waals surface area contributed by atoms with E-state index in [1.807, 2.05) is 37.7 Å². The molecule has 0 spiro atoms. The Morgan fingerprint density at radius 1 is 1.26 bits per heavy atom. The van der Waals surface area contributed by atoms with Crippen LogP contribution in [0.3, 0.4) is 0 Å². The summed E-state index contributed by atoms with van der Waals surface area (Å²) in [4.78, 5) is 18.8. The summed E-state index contributed by atoms with van der Waals surface area (Å²) in [5.41, 5.74) is 3.94. The molecule has 1 amide bonds. The number of carbonyl (C=O) groups is 1. The van der Waals surface area contributed by atoms with Crippen molar-refractivity contribution in [2.24, 2.45) is 0 Å². The standard InChI is InChI=1S/C16H20N6O/c1-5-21-10-13(7-17-21)9-20(4)16(23)14-8-18-22-12(3)6-11(2)19-15(14)22/h6-8,10H,5,9H2,1-4H3. The van der Waals surface area contributed by atoms with E-state index in [-0.39, 0.29) is 5.91 Å². The van der Waals surface area contributed by atoms with Gasteiger partial charge in [-0.1, -0.05) is 0 Å². The van der Waals surface area contributed by atoms with Gasteiger partial charge in [-0.25, -0.2) is 9.50 Å². The lowest BCUT2D eigenvalue weighted by Crippen LogP contribution is -2.26. The summed E-state index contributed by atoms with van der Waals surface area (Å²) in [6.07, 6.45) is 5.32. The molecule has 120 valence electrons. The van der Waals surface area contributed by atoms with Crippen LogP contribution in [0.15, 0.2) is 24.7 Å². The number of amides is 1. The largest absolute Gasteiger partial charge is 0.337 e. The molecule has 0 aliphatic carbocycles. The van der Waals surface area contributed by atoms with Gasteiger partial charge in [-0.15, -0.1) is 0 Å². The van der Waals surface area contributed by atoms with Gasteiger partial charge in [-0.2, -0.15) is 10.2 Å². The first-order valence-corrected chi connectivity index (χ1v) is 7.58. The molecule has 23 heavy (non-hydrogen) atoms. The third-order valence-electron chi connectivity index (χ3n) is 3.79. The van der Waals surface area contributed by atoms with Crippen LogP contribution < -0.4 is 0 Å². The summed E-state index contributed by atoms with van der Waals surface area (Å²) < 4.78 is 3.54. The third kappa shape index (κ3) is 2.81. The Morgan fingerprint density at radius 2 is 2.04 bits per heavy atom. The molecule has 0 aliphatic heterocycles. The normalized spacial score (nSPS) is 11.1. The molecular weight excluding hydrogens is 292 g/mol. The monoisotopic (exact) mass is 312 g/mol. The first-order valence-electron chi connectivity index (χ1n) is 7.58. The number of aryl methyl sites for hydroxylation is 3. The smallest absolute Gasteiger partial charge is 0.259 e. The predicted molar refractivity (Wildman–Crippen MR) is 86.2 cm³/mol. The molecule has 0 aromatic carbocycles. The molecule has 7 nitrogen and oxygen atoms in total. The van der Waals surface area contributed by atoms with E-state index in [1.54, 1.807) is 28.9 Å². The van der Waals surface area contributed by atoms with Crippen molar-refractivity contribution in [1.29, 1.82) is 0 Å². The van der Waals surface area contributed by atoms with Crippen LogP contribution >= 0.6 is 0 Å². The number of fused-ring (bicyclic) bond motifs is 1. The number of carbonyl (C=O) groups excluding carboxylic acids is 1. The molecule has 0 fully saturated rings. The van der Waals surface area contributed by atoms with E-state index in [1.165, 1.54) is 0 Å². The summed E-state index contributed by atoms with van der Waals surface area (Å²) in [5.74, 6) is -0.0956. The second kappa shape index (κ2) is 5.83. The quantitative estimate of drug-likeness (QED) is 0.737. The van der Waals surface area contributed by atoms with E-state index >= 15 is 0 Å². The van der Waals surface area contributed by atoms with Crippen molar-refractivity contribution in [3.63, 3.8) is 0 Å². The highest BCUT2D eigenvalue weighted by Crippen LogP contribution is 2.15. The summed E-state index contributed by atoms with van der Waals surface area (Å²) in [6, 6.07) is 1.94. The molecule has 3 aromatic rings. The van der Waals surface area contributed by atoms with Gasteiger partial charge >= 0.3 is 0 Å². The highest BCUT2D eigenvalue weighted by molar-refractivity contribution is 5.99. The Bertz CT molecular complexity index is 863. The van der Waals surface area contributed by atoms with Gasteiger partial charge < -0.3 is 4.90 Å². The maximum Gasteiger partial charge on any atom is 0.259 e. The van der Waals surface area contributed by atoms with Crippen molar-refractivity contribution < 1.29 is 4.79 Å². The van der Waals surface area contributed by atoms with Crippen molar-refractivity contribution in [3.8, 4) is 0 Å². The van der Waals surface area contributed by atoms with Crippen LogP contribution in [-0.2, 0) is 13.1 Å². The second-order valence-electron chi connectivity index (χ2n) is 5.70. The molecule has 0 atom stereocenters. The zero-order valence-corrected chi connectivity index (χ0v) is 13.8. The van der Waals surface area contributed by atoms with Crippen molar-refractivity contribution in [3.05, 3.63) is 47.2 Å². The van der Waals surface area contributed by atoms with Gasteiger partial charge in [0, 0.05) is 43.3 Å². The van der Waals surface area contributed by atoms with E-state index in [4.69, 9.17) is 0 Å². The van der Waals surface area contributed by atoms with Crippen molar-refractivity contribution in [2.45, 2.75) is 33.9 Å². The Hall–Kier alpha value is -2.70. The lowest BCUT2D eigenvalue weighted by Gasteiger charge is -2.15. The molecule has 0 bridgehead atoms. The van der Waals surface area contributed by atoms with Crippen molar-refractivity contribution in [1.82, 2.24) is 29.3 Å². The Morgan fingerprint density at radius 3 is 2.74 bits per heavy atom. The van der Waals surface area contributed by atoms with E-state index in [0.717, 1.165) is 23.5 Å². The van der Waals surface area contributed by atoms with E-state index < -0.39 is 0 Å². The van der Waals surface area contributed by atoms with Crippen LogP contribution in [0.5, 0.6) is 0 Å². The van der Waals surface area contributed by atoms with Crippen LogP contribution in [-0.4, -0.2) is 42.2 Å². The summed E-state index contributed by atoms with van der Waals surface area (Å²) in [6.45, 7) is 7.21. The van der Waals surface area contributed by atoms with Gasteiger partial charge in [-0.05, 0) is 26.8 Å². The SMILES string of the molecule is CCn1cc(CN(C)C(=O)c2cnn3c(C)cc(C)nc23)cn1. The number of nitrogens with zero attached hydrogens (tertiary/aromatic N) is 6. The molecule has 3 aromatic heterocycles. The van der Waals surface area contributed by atoms with Crippen molar-refractivity contribution in [2.75, 3.05) is 7.05 Å². The predicted octanol–water partition coefficient (Wildman–Crippen LogP) is 1.83. The Kier molecular flexibility index (Phi) is 3.85. The molecule has 7 heteroatoms. The fraction of sp³-hybridized carbons (Fsp3) is 0.375. The van der Waals surface area contributed by atoms with Crippen LogP contribution in [0.2, 0.25) is 0 Å². The molecule has 0 radical (unpaired) electrons. The van der Waals surface area contributed by atoms with Gasteiger partial charge in [-0.3, -0.25) is 9.48 Å². The lowest BCUT2D eigenvalue weighted by atomic mass is 10.2. The maximum absolute atomic E-state index is 12.7. The molecular formula is C16H20N6O.